The van der Waals surface area contributed by atoms with E-state index in [4.69, 9.17) is 14.2 Å². The maximum atomic E-state index is 12.9. The Kier molecular flexibility index (Phi) is 67.6. The lowest BCUT2D eigenvalue weighted by Gasteiger charge is -2.18. The summed E-state index contributed by atoms with van der Waals surface area (Å²) in [5.41, 5.74) is 0. The molecule has 0 aliphatic rings. The average Bonchev–Trinajstić information content (AvgIpc) is 3.47. The lowest BCUT2D eigenvalue weighted by Crippen LogP contribution is -2.30. The molecule has 474 valence electrons. The van der Waals surface area contributed by atoms with Crippen molar-refractivity contribution in [2.75, 3.05) is 13.2 Å². The molecular weight excluding hydrogens is 997 g/mol. The van der Waals surface area contributed by atoms with Crippen molar-refractivity contribution in [2.24, 2.45) is 0 Å². The summed E-state index contributed by atoms with van der Waals surface area (Å²) in [4.78, 5) is 38.2. The van der Waals surface area contributed by atoms with Crippen LogP contribution in [-0.2, 0) is 28.6 Å². The molecule has 0 heterocycles. The van der Waals surface area contributed by atoms with Gasteiger partial charge in [-0.15, -0.1) is 0 Å². The Labute approximate surface area is 505 Å². The van der Waals surface area contributed by atoms with Gasteiger partial charge in [0.1, 0.15) is 13.2 Å². The highest BCUT2D eigenvalue weighted by Crippen LogP contribution is 2.19. The lowest BCUT2D eigenvalue weighted by atomic mass is 10.0. The van der Waals surface area contributed by atoms with Gasteiger partial charge in [0.25, 0.3) is 0 Å². The number of unbranched alkanes of at least 4 members (excludes halogenated alkanes) is 48. The van der Waals surface area contributed by atoms with E-state index in [0.29, 0.717) is 19.3 Å². The van der Waals surface area contributed by atoms with Crippen LogP contribution >= 0.6 is 0 Å². The summed E-state index contributed by atoms with van der Waals surface area (Å²) < 4.78 is 16.9. The average molecular weight is 1140 g/mol. The molecule has 0 N–H and O–H groups in total. The molecule has 0 saturated carbocycles. The van der Waals surface area contributed by atoms with Crippen molar-refractivity contribution in [3.05, 3.63) is 48.6 Å². The molecule has 0 aromatic rings. The smallest absolute Gasteiger partial charge is 0.306 e. The van der Waals surface area contributed by atoms with E-state index in [9.17, 15) is 14.4 Å². The third-order valence-electron chi connectivity index (χ3n) is 16.3. The molecule has 0 saturated heterocycles. The van der Waals surface area contributed by atoms with Crippen LogP contribution in [0, 0.1) is 0 Å². The third-order valence-corrected chi connectivity index (χ3v) is 16.3. The Bertz CT molecular complexity index is 1400. The summed E-state index contributed by atoms with van der Waals surface area (Å²) in [6.07, 6.45) is 89.0. The molecule has 0 spiro atoms. The van der Waals surface area contributed by atoms with Crippen LogP contribution in [0.25, 0.3) is 0 Å². The number of allylic oxidation sites excluding steroid dienone is 8. The van der Waals surface area contributed by atoms with Gasteiger partial charge in [-0.2, -0.15) is 0 Å². The summed E-state index contributed by atoms with van der Waals surface area (Å²) in [6.45, 7) is 6.56. The minimum atomic E-state index is -0.778. The van der Waals surface area contributed by atoms with E-state index in [1.54, 1.807) is 0 Å². The second-order valence-corrected chi connectivity index (χ2v) is 24.5. The SMILES string of the molecule is CC/C=C\C/C=C\C/C=C\C/C=C\CCCCCCCCC(=O)OC(COC(=O)CCCCCCCCCCC)COC(=O)CCCCCCCCCCCCCCCCCCCCCCCCCCCCCCCCCCCCC. The van der Waals surface area contributed by atoms with E-state index < -0.39 is 6.10 Å². The van der Waals surface area contributed by atoms with Crippen LogP contribution in [0.5, 0.6) is 0 Å². The zero-order valence-electron chi connectivity index (χ0n) is 54.6. The van der Waals surface area contributed by atoms with Crippen LogP contribution in [0.1, 0.15) is 393 Å². The van der Waals surface area contributed by atoms with E-state index in [1.165, 1.54) is 257 Å². The standard InChI is InChI=1S/C75H138O6/c1-4-7-10-13-16-19-21-23-25-27-29-30-31-32-33-34-35-36-37-38-39-40-41-42-43-44-46-47-49-51-53-56-59-62-65-68-74(77)80-71-72(70-79-73(76)67-64-61-58-55-18-15-12-9-6-3)81-75(78)69-66-63-60-57-54-52-50-48-45-28-26-24-22-20-17-14-11-8-5-2/h8,11,17,20,24,26,45,48,72H,4-7,9-10,12-16,18-19,21-23,25,27-44,46-47,49-71H2,1-3H3/b11-8-,20-17-,26-24-,48-45-. The summed E-state index contributed by atoms with van der Waals surface area (Å²) in [6, 6.07) is 0. The molecule has 6 nitrogen and oxygen atoms in total. The number of hydrogen-bond acceptors (Lipinski definition) is 6. The van der Waals surface area contributed by atoms with Crippen LogP contribution < -0.4 is 0 Å². The normalized spacial score (nSPS) is 12.3. The minimum Gasteiger partial charge on any atom is -0.462 e. The number of ether oxygens (including phenoxy) is 3. The quantitative estimate of drug-likeness (QED) is 0.0261. The van der Waals surface area contributed by atoms with Gasteiger partial charge in [-0.3, -0.25) is 14.4 Å². The first kappa shape index (κ1) is 78.4. The first-order chi connectivity index (χ1) is 40.0. The van der Waals surface area contributed by atoms with Gasteiger partial charge in [0.05, 0.1) is 0 Å². The molecular formula is C75H138O6. The molecule has 0 aliphatic heterocycles. The number of carbonyl (C=O) groups is 3. The van der Waals surface area contributed by atoms with Gasteiger partial charge in [0.2, 0.25) is 0 Å². The molecule has 0 rings (SSSR count). The molecule has 0 aliphatic carbocycles. The van der Waals surface area contributed by atoms with Crippen LogP contribution in [0.2, 0.25) is 0 Å². The third kappa shape index (κ3) is 68.0. The molecule has 81 heavy (non-hydrogen) atoms. The highest BCUT2D eigenvalue weighted by Gasteiger charge is 2.19. The van der Waals surface area contributed by atoms with Crippen molar-refractivity contribution in [1.82, 2.24) is 0 Å². The molecule has 0 aromatic heterocycles. The van der Waals surface area contributed by atoms with Gasteiger partial charge in [-0.05, 0) is 57.8 Å². The van der Waals surface area contributed by atoms with Crippen molar-refractivity contribution in [3.63, 3.8) is 0 Å². The van der Waals surface area contributed by atoms with Crippen LogP contribution in [0.4, 0.5) is 0 Å². The molecule has 0 aromatic carbocycles. The van der Waals surface area contributed by atoms with Crippen molar-refractivity contribution < 1.29 is 28.6 Å². The van der Waals surface area contributed by atoms with Crippen molar-refractivity contribution in [1.29, 1.82) is 0 Å². The van der Waals surface area contributed by atoms with Gasteiger partial charge in [-0.1, -0.05) is 365 Å². The van der Waals surface area contributed by atoms with Gasteiger partial charge in [0, 0.05) is 19.3 Å². The molecule has 0 radical (unpaired) electrons. The summed E-state index contributed by atoms with van der Waals surface area (Å²) >= 11 is 0. The molecule has 6 heteroatoms. The summed E-state index contributed by atoms with van der Waals surface area (Å²) in [5, 5.41) is 0. The summed E-state index contributed by atoms with van der Waals surface area (Å²) in [7, 11) is 0. The highest BCUT2D eigenvalue weighted by atomic mass is 16.6. The molecule has 0 bridgehead atoms. The fourth-order valence-electron chi connectivity index (χ4n) is 11.0. The van der Waals surface area contributed by atoms with Crippen LogP contribution in [0.15, 0.2) is 48.6 Å². The molecule has 1 atom stereocenters. The van der Waals surface area contributed by atoms with Crippen molar-refractivity contribution in [3.8, 4) is 0 Å². The second-order valence-electron chi connectivity index (χ2n) is 24.5. The van der Waals surface area contributed by atoms with E-state index in [2.05, 4.69) is 69.4 Å². The Hall–Kier alpha value is -2.63. The monoisotopic (exact) mass is 1140 g/mol. The number of esters is 3. The lowest BCUT2D eigenvalue weighted by molar-refractivity contribution is -0.167. The number of hydrogen-bond donors (Lipinski definition) is 0. The topological polar surface area (TPSA) is 78.9 Å². The van der Waals surface area contributed by atoms with Crippen LogP contribution in [-0.4, -0.2) is 37.2 Å². The van der Waals surface area contributed by atoms with Crippen LogP contribution in [0.3, 0.4) is 0 Å². The fourth-order valence-corrected chi connectivity index (χ4v) is 11.0. The Morgan fingerprint density at radius 2 is 0.481 bits per heavy atom. The molecule has 0 amide bonds. The van der Waals surface area contributed by atoms with E-state index in [1.807, 2.05) is 0 Å². The van der Waals surface area contributed by atoms with Crippen molar-refractivity contribution >= 4 is 17.9 Å². The summed E-state index contributed by atoms with van der Waals surface area (Å²) in [5.74, 6) is -0.869. The molecule has 1 unspecified atom stereocenters. The second kappa shape index (κ2) is 69.9. The Morgan fingerprint density at radius 3 is 0.753 bits per heavy atom. The Balaban J connectivity index is 4.00. The highest BCUT2D eigenvalue weighted by molar-refractivity contribution is 5.71. The first-order valence-electron chi connectivity index (χ1n) is 36.1. The van der Waals surface area contributed by atoms with Crippen molar-refractivity contribution in [2.45, 2.75) is 399 Å². The maximum absolute atomic E-state index is 12.9. The minimum absolute atomic E-state index is 0.0746. The fraction of sp³-hybridized carbons (Fsp3) is 0.853. The first-order valence-corrected chi connectivity index (χ1v) is 36.1. The van der Waals surface area contributed by atoms with Gasteiger partial charge in [-0.25, -0.2) is 0 Å². The van der Waals surface area contributed by atoms with E-state index in [0.717, 1.165) is 96.3 Å². The predicted octanol–water partition coefficient (Wildman–Crippen LogP) is 24.9. The largest absolute Gasteiger partial charge is 0.462 e. The zero-order valence-corrected chi connectivity index (χ0v) is 54.6. The van der Waals surface area contributed by atoms with Gasteiger partial charge < -0.3 is 14.2 Å². The maximum Gasteiger partial charge on any atom is 0.306 e. The number of rotatable bonds is 67. The predicted molar refractivity (Wildman–Crippen MR) is 353 cm³/mol. The Morgan fingerprint density at radius 1 is 0.259 bits per heavy atom. The molecule has 0 fully saturated rings. The van der Waals surface area contributed by atoms with Gasteiger partial charge in [0.15, 0.2) is 6.10 Å². The van der Waals surface area contributed by atoms with E-state index in [-0.39, 0.29) is 31.1 Å². The zero-order chi connectivity index (χ0) is 58.5. The van der Waals surface area contributed by atoms with Gasteiger partial charge >= 0.3 is 17.9 Å². The van der Waals surface area contributed by atoms with E-state index >= 15 is 0 Å². The number of carbonyl (C=O) groups excluding carboxylic acids is 3.